The Bertz CT molecular complexity index is 1120. The molecule has 0 saturated carbocycles. The molecule has 1 aromatic heterocycles. The summed E-state index contributed by atoms with van der Waals surface area (Å²) in [5.41, 5.74) is 0.528. The van der Waals surface area contributed by atoms with Crippen LogP contribution in [0.4, 0.5) is 0 Å². The highest BCUT2D eigenvalue weighted by Crippen LogP contribution is 2.19. The summed E-state index contributed by atoms with van der Waals surface area (Å²) in [5, 5.41) is 1.75. The number of aromatic nitrogens is 2. The summed E-state index contributed by atoms with van der Waals surface area (Å²) in [4.78, 5) is 32.0. The molecule has 0 aliphatic heterocycles. The van der Waals surface area contributed by atoms with E-state index in [4.69, 9.17) is 21.1 Å². The van der Waals surface area contributed by atoms with Gasteiger partial charge in [0.2, 0.25) is 5.91 Å². The molecule has 1 amide bonds. The summed E-state index contributed by atoms with van der Waals surface area (Å²) in [6.45, 7) is 4.43. The average Bonchev–Trinajstić information content (AvgIpc) is 2.82. The van der Waals surface area contributed by atoms with Crippen molar-refractivity contribution in [3.05, 3.63) is 63.9 Å². The zero-order valence-electron chi connectivity index (χ0n) is 18.8. The van der Waals surface area contributed by atoms with E-state index in [0.29, 0.717) is 66.2 Å². The lowest BCUT2D eigenvalue weighted by Crippen LogP contribution is -2.32. The third kappa shape index (κ3) is 7.22. The fourth-order valence-corrected chi connectivity index (χ4v) is 4.21. The fraction of sp³-hybridized carbons (Fsp3) is 0.375. The summed E-state index contributed by atoms with van der Waals surface area (Å²) in [6, 6.07) is 14.4. The molecule has 176 valence electrons. The van der Waals surface area contributed by atoms with E-state index in [9.17, 15) is 9.59 Å². The van der Waals surface area contributed by atoms with Gasteiger partial charge in [-0.3, -0.25) is 14.2 Å². The largest absolute Gasteiger partial charge is 0.492 e. The maximum absolute atomic E-state index is 13.0. The van der Waals surface area contributed by atoms with Gasteiger partial charge in [0.05, 0.1) is 23.2 Å². The van der Waals surface area contributed by atoms with Crippen molar-refractivity contribution in [1.29, 1.82) is 0 Å². The number of rotatable bonds is 12. The number of halogens is 1. The summed E-state index contributed by atoms with van der Waals surface area (Å²) < 4.78 is 12.7. The van der Waals surface area contributed by atoms with Gasteiger partial charge >= 0.3 is 0 Å². The van der Waals surface area contributed by atoms with E-state index >= 15 is 0 Å². The summed E-state index contributed by atoms with van der Waals surface area (Å²) >= 11 is 7.15. The minimum atomic E-state index is -0.100. The minimum absolute atomic E-state index is 0.0667. The Labute approximate surface area is 202 Å². The van der Waals surface area contributed by atoms with Gasteiger partial charge in [0.15, 0.2) is 5.16 Å². The second-order valence-corrected chi connectivity index (χ2v) is 8.70. The van der Waals surface area contributed by atoms with E-state index in [2.05, 4.69) is 4.98 Å². The van der Waals surface area contributed by atoms with E-state index in [-0.39, 0.29) is 17.2 Å². The van der Waals surface area contributed by atoms with E-state index in [0.717, 1.165) is 0 Å². The molecule has 0 bridgehead atoms. The van der Waals surface area contributed by atoms with Gasteiger partial charge in [-0.05, 0) is 49.7 Å². The molecular formula is C24H28ClN3O4S. The molecule has 33 heavy (non-hydrogen) atoms. The Morgan fingerprint density at radius 1 is 1.15 bits per heavy atom. The molecule has 0 saturated heterocycles. The molecule has 0 fully saturated rings. The number of hydrogen-bond acceptors (Lipinski definition) is 6. The lowest BCUT2D eigenvalue weighted by Gasteiger charge is -2.18. The van der Waals surface area contributed by atoms with Crippen molar-refractivity contribution < 1.29 is 14.3 Å². The van der Waals surface area contributed by atoms with Gasteiger partial charge in [-0.1, -0.05) is 35.5 Å². The topological polar surface area (TPSA) is 73.7 Å². The van der Waals surface area contributed by atoms with Crippen LogP contribution in [0.25, 0.3) is 10.9 Å². The molecular weight excluding hydrogens is 462 g/mol. The van der Waals surface area contributed by atoms with Crippen LogP contribution in [0.2, 0.25) is 5.02 Å². The predicted octanol–water partition coefficient (Wildman–Crippen LogP) is 4.11. The highest BCUT2D eigenvalue weighted by molar-refractivity contribution is 7.99. The molecule has 9 heteroatoms. The summed E-state index contributed by atoms with van der Waals surface area (Å²) in [5.74, 6) is 0.808. The van der Waals surface area contributed by atoms with Crippen LogP contribution in [-0.4, -0.2) is 59.5 Å². The molecule has 0 atom stereocenters. The van der Waals surface area contributed by atoms with Crippen LogP contribution in [0.1, 0.15) is 13.3 Å². The number of benzene rings is 2. The Hall–Kier alpha value is -2.55. The van der Waals surface area contributed by atoms with Crippen LogP contribution in [0.3, 0.4) is 0 Å². The molecule has 0 unspecified atom stereocenters. The van der Waals surface area contributed by atoms with Crippen LogP contribution in [0.15, 0.2) is 58.5 Å². The number of para-hydroxylation sites is 1. The van der Waals surface area contributed by atoms with Crippen LogP contribution in [0, 0.1) is 0 Å². The zero-order chi connectivity index (χ0) is 23.6. The van der Waals surface area contributed by atoms with E-state index in [1.807, 2.05) is 25.1 Å². The standard InChI is InChI=1S/C24H28ClN3O4S/c1-3-31-15-6-13-28-23(30)20-7-4-5-8-21(20)26-24(28)33-17-22(29)27(2)14-16-32-19-11-9-18(25)10-12-19/h4-5,7-12H,3,6,13-17H2,1-2H3. The Kier molecular flexibility index (Phi) is 9.60. The first-order chi connectivity index (χ1) is 16.0. The molecule has 0 N–H and O–H groups in total. The molecule has 0 aliphatic carbocycles. The van der Waals surface area contributed by atoms with Crippen molar-refractivity contribution in [2.24, 2.45) is 0 Å². The predicted molar refractivity (Wildman–Crippen MR) is 132 cm³/mol. The quantitative estimate of drug-likeness (QED) is 0.216. The number of amides is 1. The third-order valence-electron chi connectivity index (χ3n) is 4.96. The molecule has 0 spiro atoms. The number of carbonyl (C=O) groups is 1. The molecule has 7 nitrogen and oxygen atoms in total. The number of fused-ring (bicyclic) bond motifs is 1. The average molecular weight is 490 g/mol. The molecule has 2 aromatic carbocycles. The van der Waals surface area contributed by atoms with Crippen molar-refractivity contribution in [2.45, 2.75) is 25.0 Å². The van der Waals surface area contributed by atoms with E-state index in [1.54, 1.807) is 46.8 Å². The monoisotopic (exact) mass is 489 g/mol. The summed E-state index contributed by atoms with van der Waals surface area (Å²) in [6.07, 6.45) is 0.692. The van der Waals surface area contributed by atoms with Crippen molar-refractivity contribution in [3.8, 4) is 5.75 Å². The van der Waals surface area contributed by atoms with Crippen molar-refractivity contribution in [1.82, 2.24) is 14.5 Å². The highest BCUT2D eigenvalue weighted by Gasteiger charge is 2.15. The first-order valence-corrected chi connectivity index (χ1v) is 12.2. The number of likely N-dealkylation sites (N-methyl/N-ethyl adjacent to an activating group) is 1. The van der Waals surface area contributed by atoms with Crippen LogP contribution < -0.4 is 10.3 Å². The Morgan fingerprint density at radius 3 is 2.67 bits per heavy atom. The number of thioether (sulfide) groups is 1. The molecule has 0 radical (unpaired) electrons. The molecule has 3 rings (SSSR count). The van der Waals surface area contributed by atoms with Gasteiger partial charge in [-0.2, -0.15) is 0 Å². The minimum Gasteiger partial charge on any atom is -0.492 e. The normalized spacial score (nSPS) is 11.0. The van der Waals surface area contributed by atoms with Crippen LogP contribution >= 0.6 is 23.4 Å². The lowest BCUT2D eigenvalue weighted by atomic mass is 10.2. The maximum Gasteiger partial charge on any atom is 0.262 e. The number of ether oxygens (including phenoxy) is 2. The second kappa shape index (κ2) is 12.6. The van der Waals surface area contributed by atoms with Crippen molar-refractivity contribution in [3.63, 3.8) is 0 Å². The van der Waals surface area contributed by atoms with Gasteiger partial charge in [0.25, 0.3) is 5.56 Å². The molecule has 1 heterocycles. The molecule has 0 aliphatic rings. The van der Waals surface area contributed by atoms with Gasteiger partial charge in [-0.15, -0.1) is 0 Å². The van der Waals surface area contributed by atoms with Crippen LogP contribution in [-0.2, 0) is 16.1 Å². The van der Waals surface area contributed by atoms with Gasteiger partial charge in [0, 0.05) is 31.8 Å². The Balaban J connectivity index is 1.61. The fourth-order valence-electron chi connectivity index (χ4n) is 3.12. The smallest absolute Gasteiger partial charge is 0.262 e. The number of hydrogen-bond donors (Lipinski definition) is 0. The first kappa shape index (κ1) is 25.1. The third-order valence-corrected chi connectivity index (χ3v) is 6.17. The highest BCUT2D eigenvalue weighted by atomic mass is 35.5. The van der Waals surface area contributed by atoms with Gasteiger partial charge in [0.1, 0.15) is 12.4 Å². The summed E-state index contributed by atoms with van der Waals surface area (Å²) in [7, 11) is 1.73. The second-order valence-electron chi connectivity index (χ2n) is 7.33. The van der Waals surface area contributed by atoms with E-state index in [1.165, 1.54) is 11.8 Å². The number of carbonyl (C=O) groups excluding carboxylic acids is 1. The maximum atomic E-state index is 13.0. The Morgan fingerprint density at radius 2 is 1.91 bits per heavy atom. The lowest BCUT2D eigenvalue weighted by molar-refractivity contribution is -0.127. The first-order valence-electron chi connectivity index (χ1n) is 10.8. The van der Waals surface area contributed by atoms with E-state index < -0.39 is 0 Å². The van der Waals surface area contributed by atoms with Gasteiger partial charge in [-0.25, -0.2) is 4.98 Å². The van der Waals surface area contributed by atoms with Crippen molar-refractivity contribution >= 4 is 40.2 Å². The van der Waals surface area contributed by atoms with Crippen LogP contribution in [0.5, 0.6) is 5.75 Å². The SMILES string of the molecule is CCOCCCn1c(SCC(=O)N(C)CCOc2ccc(Cl)cc2)nc2ccccc2c1=O. The zero-order valence-corrected chi connectivity index (χ0v) is 20.4. The molecule has 3 aromatic rings. The van der Waals surface area contributed by atoms with Crippen molar-refractivity contribution in [2.75, 3.05) is 39.2 Å². The van der Waals surface area contributed by atoms with Gasteiger partial charge < -0.3 is 14.4 Å². The number of nitrogens with zero attached hydrogens (tertiary/aromatic N) is 3.